The second-order valence-electron chi connectivity index (χ2n) is 20.1. The average molecular weight is 1060 g/mol. The Balaban J connectivity index is 0.00000608. The molecule has 9 rings (SSSR count). The first-order chi connectivity index (χ1) is 31.6. The van der Waals surface area contributed by atoms with Gasteiger partial charge in [-0.25, -0.2) is 4.98 Å². The number of nitrogens with zero attached hydrogens (tertiary/aromatic N) is 3. The van der Waals surface area contributed by atoms with Crippen LogP contribution in [0, 0.1) is 18.4 Å². The molecule has 0 spiro atoms. The van der Waals surface area contributed by atoms with Gasteiger partial charge in [-0.1, -0.05) is 200 Å². The molecule has 67 heavy (non-hydrogen) atoms. The van der Waals surface area contributed by atoms with Gasteiger partial charge in [-0.05, 0) is 98.9 Å². The minimum atomic E-state index is -0.135. The van der Waals surface area contributed by atoms with Crippen molar-refractivity contribution in [2.24, 2.45) is 5.41 Å². The quantitative estimate of drug-likeness (QED) is 0.139. The smallest absolute Gasteiger partial charge is 0.148 e. The summed E-state index contributed by atoms with van der Waals surface area (Å²) in [4.78, 5) is 10.6. The van der Waals surface area contributed by atoms with Crippen LogP contribution in [0.3, 0.4) is 0 Å². The van der Waals surface area contributed by atoms with Crippen LogP contribution in [-0.2, 0) is 26.5 Å². The summed E-state index contributed by atoms with van der Waals surface area (Å²) < 4.78 is 2.28. The predicted octanol–water partition coefficient (Wildman–Crippen LogP) is 16.8. The zero-order chi connectivity index (χ0) is 46.5. The van der Waals surface area contributed by atoms with Crippen LogP contribution in [0.1, 0.15) is 96.4 Å². The van der Waals surface area contributed by atoms with Gasteiger partial charge in [0.1, 0.15) is 11.6 Å². The molecule has 4 nitrogen and oxygen atoms in total. The number of fused-ring (bicyclic) bond motifs is 1. The van der Waals surface area contributed by atoms with Crippen molar-refractivity contribution in [3.8, 4) is 78.6 Å². The number of hydrogen-bond donors (Lipinski definition) is 1. The Morgan fingerprint density at radius 2 is 1.22 bits per heavy atom. The minimum Gasteiger partial charge on any atom is -0.507 e. The van der Waals surface area contributed by atoms with Gasteiger partial charge in [-0.3, -0.25) is 9.55 Å². The van der Waals surface area contributed by atoms with Gasteiger partial charge in [0.05, 0.1) is 22.3 Å². The molecule has 0 aliphatic heterocycles. The Bertz CT molecular complexity index is 3210. The molecule has 0 amide bonds. The maximum absolute atomic E-state index is 12.4. The van der Waals surface area contributed by atoms with E-state index in [1.807, 2.05) is 6.20 Å². The van der Waals surface area contributed by atoms with E-state index in [2.05, 4.69) is 238 Å². The number of hydrogen-bond acceptors (Lipinski definition) is 3. The maximum Gasteiger partial charge on any atom is 0.148 e. The molecule has 0 saturated carbocycles. The zero-order valence-corrected chi connectivity index (χ0v) is 42.6. The van der Waals surface area contributed by atoms with E-state index < -0.39 is 0 Å². The van der Waals surface area contributed by atoms with Gasteiger partial charge in [0.25, 0.3) is 0 Å². The molecule has 0 aliphatic carbocycles. The summed E-state index contributed by atoms with van der Waals surface area (Å²) in [7, 11) is 0. The van der Waals surface area contributed by atoms with Crippen molar-refractivity contribution in [3.05, 3.63) is 192 Å². The number of aromatic nitrogens is 3. The number of pyridine rings is 1. The molecule has 9 aromatic rings. The first kappa shape index (κ1) is 47.2. The molecule has 0 unspecified atom stereocenters. The molecular formula is C62H60N3OPt-. The minimum absolute atomic E-state index is 0. The molecule has 0 radical (unpaired) electrons. The van der Waals surface area contributed by atoms with E-state index in [-0.39, 0.29) is 49.5 Å². The van der Waals surface area contributed by atoms with E-state index in [4.69, 9.17) is 9.97 Å². The SMILES string of the molecule is Cc1ccc(-c2ccnc(-c3[c-]c(-c4cccc5c4nc(-c4cc(C(C)C)cc(C(C)C)c4O)n5-c4ccc(C(C)(C)C(C)(C)C)cc4-c4ccccc4)cc(-c4ccccc4)c3)c2)cc1.[Pt]. The first-order valence-corrected chi connectivity index (χ1v) is 23.3. The molecule has 5 heteroatoms. The number of rotatable bonds is 10. The fourth-order valence-corrected chi connectivity index (χ4v) is 8.92. The van der Waals surface area contributed by atoms with Gasteiger partial charge in [0.2, 0.25) is 0 Å². The zero-order valence-electron chi connectivity index (χ0n) is 40.3. The normalized spacial score (nSPS) is 11.9. The standard InChI is InChI=1S/C62H60N3O.Pt/c1-39(2)46-35-52(40(3)4)59(66)54(36-46)60-64-58-51(22-17-23-57(58)65(60)56-29-28-50(62(9,10)61(6,7)8)38-53(56)44-20-15-12-16-21-44)48-32-47(42-18-13-11-14-19-42)33-49(34-48)55-37-45(30-31-63-55)43-26-24-41(5)25-27-43;/h11-33,35-40,66H,1-10H3;/q-1;. The summed E-state index contributed by atoms with van der Waals surface area (Å²) >= 11 is 0. The third-order valence-corrected chi connectivity index (χ3v) is 14.0. The number of aryl methyl sites for hydroxylation is 1. The van der Waals surface area contributed by atoms with E-state index in [0.717, 1.165) is 83.6 Å². The summed E-state index contributed by atoms with van der Waals surface area (Å²) in [5.74, 6) is 1.28. The molecule has 0 aliphatic rings. The van der Waals surface area contributed by atoms with Crippen LogP contribution in [-0.4, -0.2) is 19.6 Å². The Hall–Kier alpha value is -6.35. The molecule has 0 bridgehead atoms. The van der Waals surface area contributed by atoms with Crippen molar-refractivity contribution in [2.75, 3.05) is 0 Å². The number of benzene rings is 7. The first-order valence-electron chi connectivity index (χ1n) is 23.3. The molecule has 2 heterocycles. The van der Waals surface area contributed by atoms with Gasteiger partial charge in [-0.2, -0.15) is 0 Å². The van der Waals surface area contributed by atoms with E-state index in [0.29, 0.717) is 11.4 Å². The summed E-state index contributed by atoms with van der Waals surface area (Å²) in [6, 6.07) is 60.0. The maximum atomic E-state index is 12.4. The average Bonchev–Trinajstić information content (AvgIpc) is 3.71. The predicted molar refractivity (Wildman–Crippen MR) is 277 cm³/mol. The van der Waals surface area contributed by atoms with Crippen LogP contribution in [0.5, 0.6) is 5.75 Å². The van der Waals surface area contributed by atoms with Gasteiger partial charge in [0.15, 0.2) is 0 Å². The van der Waals surface area contributed by atoms with Gasteiger partial charge < -0.3 is 5.11 Å². The molecule has 2 aromatic heterocycles. The Labute approximate surface area is 412 Å². The second kappa shape index (κ2) is 18.7. The van der Waals surface area contributed by atoms with Crippen LogP contribution >= 0.6 is 0 Å². The summed E-state index contributed by atoms with van der Waals surface area (Å²) in [5, 5.41) is 12.4. The third kappa shape index (κ3) is 9.09. The molecule has 340 valence electrons. The molecular weight excluding hydrogens is 998 g/mol. The second-order valence-corrected chi connectivity index (χ2v) is 20.1. The summed E-state index contributed by atoms with van der Waals surface area (Å²) in [6.07, 6.45) is 1.89. The Morgan fingerprint density at radius 1 is 0.567 bits per heavy atom. The molecule has 0 saturated heterocycles. The van der Waals surface area contributed by atoms with Crippen LogP contribution < -0.4 is 0 Å². The number of phenols is 1. The van der Waals surface area contributed by atoms with Gasteiger partial charge >= 0.3 is 0 Å². The number of aromatic hydroxyl groups is 1. The van der Waals surface area contributed by atoms with E-state index in [1.165, 1.54) is 11.1 Å². The molecule has 0 atom stereocenters. The van der Waals surface area contributed by atoms with Crippen molar-refractivity contribution in [3.63, 3.8) is 0 Å². The van der Waals surface area contributed by atoms with Gasteiger partial charge in [-0.15, -0.1) is 23.8 Å². The fourth-order valence-electron chi connectivity index (χ4n) is 8.92. The summed E-state index contributed by atoms with van der Waals surface area (Å²) in [5.41, 5.74) is 18.1. The summed E-state index contributed by atoms with van der Waals surface area (Å²) in [6.45, 7) is 22.4. The van der Waals surface area contributed by atoms with E-state index >= 15 is 0 Å². The monoisotopic (exact) mass is 1060 g/mol. The fraction of sp³-hybridized carbons (Fsp3) is 0.226. The number of phenolic OH excluding ortho intramolecular Hbond substituents is 1. The van der Waals surface area contributed by atoms with Crippen LogP contribution in [0.2, 0.25) is 0 Å². The van der Waals surface area contributed by atoms with E-state index in [1.54, 1.807) is 0 Å². The third-order valence-electron chi connectivity index (χ3n) is 14.0. The number of para-hydroxylation sites is 1. The van der Waals surface area contributed by atoms with Crippen molar-refractivity contribution in [1.82, 2.24) is 14.5 Å². The molecule has 0 fully saturated rings. The van der Waals surface area contributed by atoms with E-state index in [9.17, 15) is 5.11 Å². The van der Waals surface area contributed by atoms with Crippen molar-refractivity contribution < 1.29 is 26.2 Å². The Morgan fingerprint density at radius 3 is 1.88 bits per heavy atom. The Kier molecular flexibility index (Phi) is 13.2. The van der Waals surface area contributed by atoms with Crippen molar-refractivity contribution in [1.29, 1.82) is 0 Å². The van der Waals surface area contributed by atoms with Crippen LogP contribution in [0.15, 0.2) is 164 Å². The van der Waals surface area contributed by atoms with Gasteiger partial charge in [0, 0.05) is 38.5 Å². The number of imidazole rings is 1. The van der Waals surface area contributed by atoms with Crippen molar-refractivity contribution >= 4 is 11.0 Å². The largest absolute Gasteiger partial charge is 0.507 e. The van der Waals surface area contributed by atoms with Crippen molar-refractivity contribution in [2.45, 2.75) is 86.5 Å². The topological polar surface area (TPSA) is 50.9 Å². The molecule has 7 aromatic carbocycles. The van der Waals surface area contributed by atoms with Crippen LogP contribution in [0.25, 0.3) is 83.9 Å². The van der Waals surface area contributed by atoms with Crippen LogP contribution in [0.4, 0.5) is 0 Å². The molecule has 1 N–H and O–H groups in total.